The summed E-state index contributed by atoms with van der Waals surface area (Å²) in [7, 11) is 0. The zero-order valence-electron chi connectivity index (χ0n) is 9.86. The van der Waals surface area contributed by atoms with Gasteiger partial charge >= 0.3 is 0 Å². The molecule has 1 aromatic rings. The van der Waals surface area contributed by atoms with Crippen molar-refractivity contribution in [2.24, 2.45) is 17.6 Å². The second-order valence-electron chi connectivity index (χ2n) is 5.03. The number of carbonyl (C=O) groups is 1. The van der Waals surface area contributed by atoms with Crippen molar-refractivity contribution in [3.63, 3.8) is 0 Å². The monoisotopic (exact) mass is 230 g/mol. The third kappa shape index (κ3) is 1.75. The SMILES string of the molecule is NCCNC(=O)C1C2CCc3ccccc3C21. The first kappa shape index (κ1) is 10.8. The van der Waals surface area contributed by atoms with E-state index in [1.54, 1.807) is 0 Å². The number of hydrogen-bond donors (Lipinski definition) is 2. The van der Waals surface area contributed by atoms with Crippen LogP contribution >= 0.6 is 0 Å². The average molecular weight is 230 g/mol. The molecule has 17 heavy (non-hydrogen) atoms. The van der Waals surface area contributed by atoms with Crippen LogP contribution in [0.1, 0.15) is 23.5 Å². The molecule has 90 valence electrons. The Balaban J connectivity index is 1.76. The van der Waals surface area contributed by atoms with Gasteiger partial charge in [0, 0.05) is 19.0 Å². The van der Waals surface area contributed by atoms with Crippen molar-refractivity contribution >= 4 is 5.91 Å². The molecule has 0 spiro atoms. The van der Waals surface area contributed by atoms with Gasteiger partial charge in [-0.15, -0.1) is 0 Å². The molecule has 3 unspecified atom stereocenters. The van der Waals surface area contributed by atoms with Gasteiger partial charge in [0.05, 0.1) is 0 Å². The molecule has 0 radical (unpaired) electrons. The maximum atomic E-state index is 12.0. The Hall–Kier alpha value is -1.35. The molecule has 3 rings (SSSR count). The third-order valence-electron chi connectivity index (χ3n) is 4.08. The maximum Gasteiger partial charge on any atom is 0.224 e. The average Bonchev–Trinajstić information content (AvgIpc) is 3.11. The summed E-state index contributed by atoms with van der Waals surface area (Å²) in [5, 5.41) is 2.92. The molecule has 3 atom stereocenters. The van der Waals surface area contributed by atoms with Crippen molar-refractivity contribution in [1.82, 2.24) is 5.32 Å². The Morgan fingerprint density at radius 1 is 1.41 bits per heavy atom. The van der Waals surface area contributed by atoms with E-state index in [-0.39, 0.29) is 11.8 Å². The van der Waals surface area contributed by atoms with Crippen LogP contribution in [0.2, 0.25) is 0 Å². The van der Waals surface area contributed by atoms with Crippen LogP contribution in [0.5, 0.6) is 0 Å². The van der Waals surface area contributed by atoms with Crippen LogP contribution in [-0.4, -0.2) is 19.0 Å². The molecular formula is C14H18N2O. The minimum atomic E-state index is 0.196. The van der Waals surface area contributed by atoms with Crippen molar-refractivity contribution in [2.75, 3.05) is 13.1 Å². The predicted octanol–water partition coefficient (Wildman–Crippen LogP) is 1.04. The second-order valence-corrected chi connectivity index (χ2v) is 5.03. The fourth-order valence-corrected chi connectivity index (χ4v) is 3.24. The number of carbonyl (C=O) groups excluding carboxylic acids is 1. The molecule has 2 aliphatic carbocycles. The lowest BCUT2D eigenvalue weighted by Gasteiger charge is -2.13. The van der Waals surface area contributed by atoms with E-state index in [1.165, 1.54) is 11.1 Å². The van der Waals surface area contributed by atoms with E-state index < -0.39 is 0 Å². The number of fused-ring (bicyclic) bond motifs is 3. The Bertz CT molecular complexity index is 444. The van der Waals surface area contributed by atoms with Gasteiger partial charge in [-0.2, -0.15) is 0 Å². The van der Waals surface area contributed by atoms with Gasteiger partial charge in [-0.3, -0.25) is 4.79 Å². The Morgan fingerprint density at radius 2 is 2.24 bits per heavy atom. The van der Waals surface area contributed by atoms with Crippen molar-refractivity contribution in [2.45, 2.75) is 18.8 Å². The molecular weight excluding hydrogens is 212 g/mol. The molecule has 1 amide bonds. The van der Waals surface area contributed by atoms with E-state index in [0.717, 1.165) is 12.8 Å². The summed E-state index contributed by atoms with van der Waals surface area (Å²) in [5.74, 6) is 1.44. The molecule has 3 heteroatoms. The maximum absolute atomic E-state index is 12.0. The van der Waals surface area contributed by atoms with Gasteiger partial charge in [-0.05, 0) is 35.8 Å². The van der Waals surface area contributed by atoms with Crippen LogP contribution in [0.25, 0.3) is 0 Å². The minimum Gasteiger partial charge on any atom is -0.355 e. The number of amides is 1. The molecule has 1 fully saturated rings. The Labute approximate surface area is 101 Å². The van der Waals surface area contributed by atoms with Gasteiger partial charge in [0.1, 0.15) is 0 Å². The number of rotatable bonds is 3. The molecule has 3 nitrogen and oxygen atoms in total. The summed E-state index contributed by atoms with van der Waals surface area (Å²) in [6.07, 6.45) is 2.28. The van der Waals surface area contributed by atoms with E-state index in [0.29, 0.717) is 24.9 Å². The highest BCUT2D eigenvalue weighted by molar-refractivity contribution is 5.84. The highest BCUT2D eigenvalue weighted by Crippen LogP contribution is 2.59. The molecule has 0 aromatic heterocycles. The van der Waals surface area contributed by atoms with Crippen LogP contribution in [0.3, 0.4) is 0 Å². The quantitative estimate of drug-likeness (QED) is 0.815. The predicted molar refractivity (Wildman–Crippen MR) is 66.5 cm³/mol. The fraction of sp³-hybridized carbons (Fsp3) is 0.500. The standard InChI is InChI=1S/C14H18N2O/c15-7-8-16-14(17)13-11-6-5-9-3-1-2-4-10(9)12(11)13/h1-4,11-13H,5-8,15H2,(H,16,17). The van der Waals surface area contributed by atoms with E-state index in [2.05, 4.69) is 29.6 Å². The summed E-state index contributed by atoms with van der Waals surface area (Å²) < 4.78 is 0. The number of benzene rings is 1. The first-order valence-corrected chi connectivity index (χ1v) is 6.38. The molecule has 0 bridgehead atoms. The first-order chi connectivity index (χ1) is 8.33. The van der Waals surface area contributed by atoms with E-state index >= 15 is 0 Å². The molecule has 0 heterocycles. The van der Waals surface area contributed by atoms with Crippen molar-refractivity contribution in [3.8, 4) is 0 Å². The lowest BCUT2D eigenvalue weighted by Crippen LogP contribution is -2.30. The molecule has 1 saturated carbocycles. The Morgan fingerprint density at radius 3 is 3.06 bits per heavy atom. The summed E-state index contributed by atoms with van der Waals surface area (Å²) in [6.45, 7) is 1.11. The molecule has 3 N–H and O–H groups in total. The van der Waals surface area contributed by atoms with Crippen molar-refractivity contribution < 1.29 is 4.79 Å². The fourth-order valence-electron chi connectivity index (χ4n) is 3.24. The molecule has 0 aliphatic heterocycles. The van der Waals surface area contributed by atoms with Gasteiger partial charge < -0.3 is 11.1 Å². The molecule has 2 aliphatic rings. The number of hydrogen-bond acceptors (Lipinski definition) is 2. The zero-order chi connectivity index (χ0) is 11.8. The normalized spacial score (nSPS) is 29.1. The van der Waals surface area contributed by atoms with Crippen LogP contribution in [0.15, 0.2) is 24.3 Å². The minimum absolute atomic E-state index is 0.196. The van der Waals surface area contributed by atoms with Crippen LogP contribution in [0, 0.1) is 11.8 Å². The number of nitrogens with one attached hydrogen (secondary N) is 1. The summed E-state index contributed by atoms with van der Waals surface area (Å²) in [6, 6.07) is 8.54. The molecule has 1 aromatic carbocycles. The number of nitrogens with two attached hydrogens (primary N) is 1. The van der Waals surface area contributed by atoms with E-state index in [1.807, 2.05) is 0 Å². The van der Waals surface area contributed by atoms with E-state index in [9.17, 15) is 4.79 Å². The van der Waals surface area contributed by atoms with Gasteiger partial charge in [-0.25, -0.2) is 0 Å². The van der Waals surface area contributed by atoms with Gasteiger partial charge in [0.25, 0.3) is 0 Å². The van der Waals surface area contributed by atoms with Crippen LogP contribution in [-0.2, 0) is 11.2 Å². The van der Waals surface area contributed by atoms with Crippen LogP contribution < -0.4 is 11.1 Å². The van der Waals surface area contributed by atoms with Gasteiger partial charge in [0.2, 0.25) is 5.91 Å². The molecule has 0 saturated heterocycles. The highest BCUT2D eigenvalue weighted by atomic mass is 16.2. The summed E-state index contributed by atoms with van der Waals surface area (Å²) in [4.78, 5) is 12.0. The Kier molecular flexibility index (Phi) is 2.63. The summed E-state index contributed by atoms with van der Waals surface area (Å²) in [5.41, 5.74) is 8.24. The van der Waals surface area contributed by atoms with E-state index in [4.69, 9.17) is 5.73 Å². The van der Waals surface area contributed by atoms with Crippen molar-refractivity contribution in [3.05, 3.63) is 35.4 Å². The lowest BCUT2D eigenvalue weighted by atomic mass is 9.92. The highest BCUT2D eigenvalue weighted by Gasteiger charge is 2.56. The second kappa shape index (κ2) is 4.15. The van der Waals surface area contributed by atoms with Gasteiger partial charge in [-0.1, -0.05) is 24.3 Å². The smallest absolute Gasteiger partial charge is 0.224 e. The van der Waals surface area contributed by atoms with Gasteiger partial charge in [0.15, 0.2) is 0 Å². The summed E-state index contributed by atoms with van der Waals surface area (Å²) >= 11 is 0. The van der Waals surface area contributed by atoms with Crippen LogP contribution in [0.4, 0.5) is 0 Å². The first-order valence-electron chi connectivity index (χ1n) is 6.38. The lowest BCUT2D eigenvalue weighted by molar-refractivity contribution is -0.122. The topological polar surface area (TPSA) is 55.1 Å². The largest absolute Gasteiger partial charge is 0.355 e. The number of aryl methyl sites for hydroxylation is 1. The van der Waals surface area contributed by atoms with Crippen molar-refractivity contribution in [1.29, 1.82) is 0 Å². The zero-order valence-corrected chi connectivity index (χ0v) is 9.86. The third-order valence-corrected chi connectivity index (χ3v) is 4.08.